The first-order valence-corrected chi connectivity index (χ1v) is 11.1. The van der Waals surface area contributed by atoms with Crippen molar-refractivity contribution in [2.24, 2.45) is 0 Å². The molecule has 0 heterocycles. The summed E-state index contributed by atoms with van der Waals surface area (Å²) in [6.07, 6.45) is -0.586. The van der Waals surface area contributed by atoms with Crippen LogP contribution < -0.4 is 14.8 Å². The fourth-order valence-corrected chi connectivity index (χ4v) is 3.67. The molecule has 3 rings (SSSR count). The number of hydrogen-bond donors (Lipinski definition) is 2. The molecule has 0 fully saturated rings. The quantitative estimate of drug-likeness (QED) is 0.350. The van der Waals surface area contributed by atoms with Gasteiger partial charge in [0, 0.05) is 13.1 Å². The van der Waals surface area contributed by atoms with Gasteiger partial charge in [0.25, 0.3) is 0 Å². The smallest absolute Gasteiger partial charge is 0.180 e. The van der Waals surface area contributed by atoms with Crippen LogP contribution in [0.5, 0.6) is 11.5 Å². The van der Waals surface area contributed by atoms with Gasteiger partial charge in [0.05, 0.1) is 27.8 Å². The van der Waals surface area contributed by atoms with Gasteiger partial charge in [0.15, 0.2) is 11.5 Å². The number of halogens is 3. The lowest BCUT2D eigenvalue weighted by Gasteiger charge is -2.17. The summed E-state index contributed by atoms with van der Waals surface area (Å²) in [5, 5.41) is 15.0. The van der Waals surface area contributed by atoms with Crippen molar-refractivity contribution in [3.63, 3.8) is 0 Å². The summed E-state index contributed by atoms with van der Waals surface area (Å²) < 4.78 is 11.7. The van der Waals surface area contributed by atoms with E-state index in [2.05, 4.69) is 5.32 Å². The number of rotatable bonds is 10. The molecule has 2 N–H and O–H groups in total. The van der Waals surface area contributed by atoms with Crippen LogP contribution in [0, 0.1) is 0 Å². The topological polar surface area (TPSA) is 50.7 Å². The van der Waals surface area contributed by atoms with Gasteiger partial charge in [0.2, 0.25) is 0 Å². The lowest BCUT2D eigenvalue weighted by atomic mass is 10.1. The van der Waals surface area contributed by atoms with Gasteiger partial charge in [-0.25, -0.2) is 0 Å². The van der Waals surface area contributed by atoms with Crippen molar-refractivity contribution in [3.8, 4) is 11.5 Å². The van der Waals surface area contributed by atoms with Gasteiger partial charge in [0.1, 0.15) is 6.61 Å². The summed E-state index contributed by atoms with van der Waals surface area (Å²) in [5.74, 6) is 1.04. The van der Waals surface area contributed by atoms with Gasteiger partial charge in [-0.05, 0) is 47.9 Å². The van der Waals surface area contributed by atoms with Crippen molar-refractivity contribution in [1.29, 1.82) is 0 Å². The molecule has 0 bridgehead atoms. The zero-order chi connectivity index (χ0) is 22.2. The summed E-state index contributed by atoms with van der Waals surface area (Å²) >= 11 is 18.5. The van der Waals surface area contributed by atoms with E-state index in [0.717, 1.165) is 16.7 Å². The SMILES string of the molecule is CCOc1cc(CNC[C@@H](O)c2ccccc2)cc(Cl)c1OCc1ccc(Cl)c(Cl)c1. The minimum atomic E-state index is -0.586. The molecule has 0 saturated heterocycles. The highest BCUT2D eigenvalue weighted by atomic mass is 35.5. The number of nitrogens with one attached hydrogen (secondary N) is 1. The van der Waals surface area contributed by atoms with Crippen LogP contribution in [-0.4, -0.2) is 18.3 Å². The van der Waals surface area contributed by atoms with E-state index in [1.807, 2.05) is 55.5 Å². The van der Waals surface area contributed by atoms with Crippen molar-refractivity contribution < 1.29 is 14.6 Å². The monoisotopic (exact) mass is 479 g/mol. The van der Waals surface area contributed by atoms with E-state index in [1.165, 1.54) is 0 Å². The van der Waals surface area contributed by atoms with Crippen LogP contribution in [0.3, 0.4) is 0 Å². The third-order valence-electron chi connectivity index (χ3n) is 4.59. The Bertz CT molecular complexity index is 999. The molecule has 31 heavy (non-hydrogen) atoms. The second-order valence-corrected chi connectivity index (χ2v) is 8.15. The highest BCUT2D eigenvalue weighted by Crippen LogP contribution is 2.37. The first kappa shape index (κ1) is 23.7. The zero-order valence-corrected chi connectivity index (χ0v) is 19.3. The fraction of sp³-hybridized carbons (Fsp3) is 0.250. The maximum absolute atomic E-state index is 10.3. The fourth-order valence-electron chi connectivity index (χ4n) is 3.06. The number of benzene rings is 3. The summed E-state index contributed by atoms with van der Waals surface area (Å²) in [5.41, 5.74) is 2.67. The van der Waals surface area contributed by atoms with Crippen LogP contribution in [0.25, 0.3) is 0 Å². The van der Waals surface area contributed by atoms with Crippen LogP contribution >= 0.6 is 34.8 Å². The van der Waals surface area contributed by atoms with Crippen LogP contribution in [0.4, 0.5) is 0 Å². The third-order valence-corrected chi connectivity index (χ3v) is 5.61. The standard InChI is InChI=1S/C24H24Cl3NO3/c1-2-30-23-12-17(13-28-14-22(29)18-6-4-3-5-7-18)11-21(27)24(23)31-15-16-8-9-19(25)20(26)10-16/h3-12,22,28-29H,2,13-15H2,1H3/t22-/m1/s1. The number of aliphatic hydroxyl groups excluding tert-OH is 1. The molecule has 3 aromatic rings. The molecule has 1 atom stereocenters. The molecule has 7 heteroatoms. The molecule has 0 amide bonds. The van der Waals surface area contributed by atoms with Crippen molar-refractivity contribution in [1.82, 2.24) is 5.32 Å². The van der Waals surface area contributed by atoms with Crippen molar-refractivity contribution in [2.75, 3.05) is 13.2 Å². The van der Waals surface area contributed by atoms with E-state index < -0.39 is 6.10 Å². The highest BCUT2D eigenvalue weighted by Gasteiger charge is 2.14. The predicted molar refractivity (Wildman–Crippen MR) is 127 cm³/mol. The van der Waals surface area contributed by atoms with Gasteiger partial charge >= 0.3 is 0 Å². The molecular formula is C24H24Cl3NO3. The number of ether oxygens (including phenoxy) is 2. The normalized spacial score (nSPS) is 11.9. The lowest BCUT2D eigenvalue weighted by Crippen LogP contribution is -2.21. The number of hydrogen-bond acceptors (Lipinski definition) is 4. The molecule has 0 aliphatic carbocycles. The molecule has 3 aromatic carbocycles. The van der Waals surface area contributed by atoms with Crippen LogP contribution in [0.2, 0.25) is 15.1 Å². The highest BCUT2D eigenvalue weighted by molar-refractivity contribution is 6.42. The summed E-state index contributed by atoms with van der Waals surface area (Å²) in [7, 11) is 0. The second kappa shape index (κ2) is 11.6. The first-order chi connectivity index (χ1) is 15.0. The largest absolute Gasteiger partial charge is 0.490 e. The molecule has 0 radical (unpaired) electrons. The van der Waals surface area contributed by atoms with E-state index in [0.29, 0.717) is 46.3 Å². The third kappa shape index (κ3) is 6.76. The summed E-state index contributed by atoms with van der Waals surface area (Å²) in [4.78, 5) is 0. The molecular weight excluding hydrogens is 457 g/mol. The Kier molecular flexibility index (Phi) is 8.88. The van der Waals surface area contributed by atoms with Gasteiger partial charge in [-0.1, -0.05) is 71.2 Å². The van der Waals surface area contributed by atoms with Crippen molar-refractivity contribution in [3.05, 3.63) is 92.4 Å². The lowest BCUT2D eigenvalue weighted by molar-refractivity contribution is 0.174. The molecule has 0 saturated carbocycles. The maximum Gasteiger partial charge on any atom is 0.180 e. The summed E-state index contributed by atoms with van der Waals surface area (Å²) in [6, 6.07) is 18.6. The Labute approximate surface area is 197 Å². The minimum Gasteiger partial charge on any atom is -0.490 e. The molecule has 0 aliphatic heterocycles. The molecule has 164 valence electrons. The van der Waals surface area contributed by atoms with E-state index in [4.69, 9.17) is 44.3 Å². The Balaban J connectivity index is 1.65. The zero-order valence-electron chi connectivity index (χ0n) is 17.1. The Morgan fingerprint density at radius 3 is 2.32 bits per heavy atom. The Morgan fingerprint density at radius 1 is 0.871 bits per heavy atom. The summed E-state index contributed by atoms with van der Waals surface area (Å²) in [6.45, 7) is 3.59. The van der Waals surface area contributed by atoms with E-state index in [1.54, 1.807) is 12.1 Å². The van der Waals surface area contributed by atoms with E-state index in [9.17, 15) is 5.11 Å². The van der Waals surface area contributed by atoms with E-state index in [-0.39, 0.29) is 6.61 Å². The predicted octanol–water partition coefficient (Wildman–Crippen LogP) is 6.45. The van der Waals surface area contributed by atoms with Crippen molar-refractivity contribution >= 4 is 34.8 Å². The minimum absolute atomic E-state index is 0.275. The van der Waals surface area contributed by atoms with Gasteiger partial charge in [-0.15, -0.1) is 0 Å². The van der Waals surface area contributed by atoms with Crippen molar-refractivity contribution in [2.45, 2.75) is 26.2 Å². The van der Waals surface area contributed by atoms with Gasteiger partial charge < -0.3 is 19.9 Å². The molecule has 0 aliphatic rings. The molecule has 0 aromatic heterocycles. The van der Waals surface area contributed by atoms with Gasteiger partial charge in [-0.2, -0.15) is 0 Å². The molecule has 0 unspecified atom stereocenters. The van der Waals surface area contributed by atoms with Gasteiger partial charge in [-0.3, -0.25) is 0 Å². The molecule has 4 nitrogen and oxygen atoms in total. The Hall–Kier alpha value is -1.95. The van der Waals surface area contributed by atoms with Crippen LogP contribution in [0.1, 0.15) is 29.7 Å². The average molecular weight is 481 g/mol. The Morgan fingerprint density at radius 2 is 1.61 bits per heavy atom. The van der Waals surface area contributed by atoms with Crippen LogP contribution in [0.15, 0.2) is 60.7 Å². The van der Waals surface area contributed by atoms with Crippen LogP contribution in [-0.2, 0) is 13.2 Å². The maximum atomic E-state index is 10.3. The van der Waals surface area contributed by atoms with E-state index >= 15 is 0 Å². The molecule has 0 spiro atoms. The first-order valence-electron chi connectivity index (χ1n) is 9.93. The second-order valence-electron chi connectivity index (χ2n) is 6.93. The average Bonchev–Trinajstić information content (AvgIpc) is 2.76. The number of aliphatic hydroxyl groups is 1.